The highest BCUT2D eigenvalue weighted by Crippen LogP contribution is 2.23. The van der Waals surface area contributed by atoms with Gasteiger partial charge in [-0.2, -0.15) is 0 Å². The molecule has 2 N–H and O–H groups in total. The summed E-state index contributed by atoms with van der Waals surface area (Å²) in [6, 6.07) is 9.61. The molecule has 0 aliphatic carbocycles. The maximum atomic E-state index is 13.3. The van der Waals surface area contributed by atoms with Gasteiger partial charge < -0.3 is 10.1 Å². The third-order valence-electron chi connectivity index (χ3n) is 4.10. The molecule has 9 heteroatoms. The summed E-state index contributed by atoms with van der Waals surface area (Å²) in [4.78, 5) is 12.5. The van der Waals surface area contributed by atoms with Crippen molar-refractivity contribution in [2.75, 3.05) is 18.5 Å². The third kappa shape index (κ3) is 5.13. The van der Waals surface area contributed by atoms with E-state index in [9.17, 15) is 17.6 Å². The van der Waals surface area contributed by atoms with Gasteiger partial charge in [-0.05, 0) is 65.2 Å². The van der Waals surface area contributed by atoms with Gasteiger partial charge in [0.25, 0.3) is 5.91 Å². The highest BCUT2D eigenvalue weighted by atomic mass is 79.9. The molecule has 1 aliphatic heterocycles. The number of carbonyl (C=O) groups is 1. The Morgan fingerprint density at radius 1 is 1.26 bits per heavy atom. The molecule has 2 aromatic rings. The minimum absolute atomic E-state index is 0.0342. The van der Waals surface area contributed by atoms with Gasteiger partial charge >= 0.3 is 0 Å². The van der Waals surface area contributed by atoms with E-state index < -0.39 is 21.7 Å². The Labute approximate surface area is 165 Å². The van der Waals surface area contributed by atoms with E-state index in [2.05, 4.69) is 26.0 Å². The number of hydrogen-bond acceptors (Lipinski definition) is 4. The maximum absolute atomic E-state index is 13.3. The van der Waals surface area contributed by atoms with E-state index in [-0.39, 0.29) is 28.8 Å². The Hall–Kier alpha value is -1.81. The van der Waals surface area contributed by atoms with Crippen LogP contribution in [0.25, 0.3) is 0 Å². The van der Waals surface area contributed by atoms with Crippen LogP contribution in [0.1, 0.15) is 23.2 Å². The summed E-state index contributed by atoms with van der Waals surface area (Å²) in [7, 11) is -3.79. The van der Waals surface area contributed by atoms with Crippen molar-refractivity contribution in [3.8, 4) is 0 Å². The van der Waals surface area contributed by atoms with Crippen molar-refractivity contribution in [3.05, 3.63) is 58.3 Å². The molecule has 0 bridgehead atoms. The molecule has 144 valence electrons. The highest BCUT2D eigenvalue weighted by molar-refractivity contribution is 9.10. The molecule has 6 nitrogen and oxygen atoms in total. The second-order valence-electron chi connectivity index (χ2n) is 6.09. The molecule has 3 rings (SSSR count). The summed E-state index contributed by atoms with van der Waals surface area (Å²) < 4.78 is 46.7. The smallest absolute Gasteiger partial charge is 0.256 e. The first-order valence-corrected chi connectivity index (χ1v) is 10.6. The van der Waals surface area contributed by atoms with Crippen LogP contribution in [0.3, 0.4) is 0 Å². The van der Waals surface area contributed by atoms with Crippen molar-refractivity contribution in [2.45, 2.75) is 23.8 Å². The van der Waals surface area contributed by atoms with Crippen LogP contribution in [-0.2, 0) is 14.8 Å². The molecule has 1 aliphatic rings. The Balaban J connectivity index is 1.77. The second-order valence-corrected chi connectivity index (χ2v) is 8.71. The molecule has 2 aromatic carbocycles. The monoisotopic (exact) mass is 456 g/mol. The van der Waals surface area contributed by atoms with Gasteiger partial charge in [0.2, 0.25) is 10.0 Å². The normalized spacial score (nSPS) is 17.0. The molecule has 1 atom stereocenters. The lowest BCUT2D eigenvalue weighted by Gasteiger charge is -2.13. The molecular weight excluding hydrogens is 439 g/mol. The van der Waals surface area contributed by atoms with Crippen molar-refractivity contribution in [1.82, 2.24) is 4.72 Å². The number of hydrogen-bond donors (Lipinski definition) is 2. The van der Waals surface area contributed by atoms with E-state index in [1.54, 1.807) is 6.07 Å². The zero-order valence-corrected chi connectivity index (χ0v) is 16.6. The second kappa shape index (κ2) is 8.47. The van der Waals surface area contributed by atoms with E-state index in [0.717, 1.165) is 12.8 Å². The van der Waals surface area contributed by atoms with Crippen LogP contribution in [0, 0.1) is 5.82 Å². The average molecular weight is 457 g/mol. The van der Waals surface area contributed by atoms with Gasteiger partial charge in [0.15, 0.2) is 0 Å². The largest absolute Gasteiger partial charge is 0.377 e. The number of nitrogens with one attached hydrogen (secondary N) is 2. The fraction of sp³-hybridized carbons (Fsp3) is 0.278. The summed E-state index contributed by atoms with van der Waals surface area (Å²) in [5.74, 6) is -1.04. The maximum Gasteiger partial charge on any atom is 0.256 e. The van der Waals surface area contributed by atoms with Crippen molar-refractivity contribution in [3.63, 3.8) is 0 Å². The van der Waals surface area contributed by atoms with Gasteiger partial charge in [0.05, 0.1) is 16.6 Å². The van der Waals surface area contributed by atoms with E-state index in [4.69, 9.17) is 4.74 Å². The van der Waals surface area contributed by atoms with Gasteiger partial charge in [-0.1, -0.05) is 6.07 Å². The number of anilines is 1. The first kappa shape index (κ1) is 19.9. The molecule has 27 heavy (non-hydrogen) atoms. The Bertz CT molecular complexity index is 946. The van der Waals surface area contributed by atoms with Gasteiger partial charge in [0.1, 0.15) is 5.82 Å². The van der Waals surface area contributed by atoms with Crippen LogP contribution in [0.2, 0.25) is 0 Å². The molecule has 1 saturated heterocycles. The molecule has 0 aromatic heterocycles. The Kier molecular flexibility index (Phi) is 6.25. The van der Waals surface area contributed by atoms with Crippen molar-refractivity contribution >= 4 is 37.5 Å². The molecule has 0 saturated carbocycles. The van der Waals surface area contributed by atoms with Gasteiger partial charge in [0, 0.05) is 23.3 Å². The first-order chi connectivity index (χ1) is 12.8. The summed E-state index contributed by atoms with van der Waals surface area (Å²) in [5, 5.41) is 2.55. The third-order valence-corrected chi connectivity index (χ3v) is 6.21. The number of carbonyl (C=O) groups excluding carboxylic acids is 1. The fourth-order valence-electron chi connectivity index (χ4n) is 2.70. The quantitative estimate of drug-likeness (QED) is 0.698. The number of ether oxygens (including phenoxy) is 1. The average Bonchev–Trinajstić information content (AvgIpc) is 3.14. The summed E-state index contributed by atoms with van der Waals surface area (Å²) >= 11 is 3.25. The van der Waals surface area contributed by atoms with Crippen LogP contribution in [0.4, 0.5) is 10.1 Å². The van der Waals surface area contributed by atoms with Gasteiger partial charge in [-0.25, -0.2) is 17.5 Å². The van der Waals surface area contributed by atoms with Crippen LogP contribution in [0.5, 0.6) is 0 Å². The summed E-state index contributed by atoms with van der Waals surface area (Å²) in [6.07, 6.45) is 1.59. The number of rotatable bonds is 6. The molecule has 1 heterocycles. The minimum Gasteiger partial charge on any atom is -0.377 e. The predicted octanol–water partition coefficient (Wildman–Crippen LogP) is 3.30. The van der Waals surface area contributed by atoms with Crippen molar-refractivity contribution < 1.29 is 22.3 Å². The summed E-state index contributed by atoms with van der Waals surface area (Å²) in [5.41, 5.74) is 0.399. The lowest BCUT2D eigenvalue weighted by molar-refractivity contribution is 0.102. The molecule has 1 unspecified atom stereocenters. The van der Waals surface area contributed by atoms with Gasteiger partial charge in [-0.3, -0.25) is 4.79 Å². The Morgan fingerprint density at radius 2 is 2.07 bits per heavy atom. The zero-order chi connectivity index (χ0) is 19.4. The van der Waals surface area contributed by atoms with Crippen LogP contribution in [0.15, 0.2) is 51.8 Å². The fourth-order valence-corrected chi connectivity index (χ4v) is 4.22. The van der Waals surface area contributed by atoms with Crippen LogP contribution in [-0.4, -0.2) is 33.6 Å². The van der Waals surface area contributed by atoms with Crippen LogP contribution >= 0.6 is 15.9 Å². The lowest BCUT2D eigenvalue weighted by atomic mass is 10.2. The number of sulfonamides is 1. The van der Waals surface area contributed by atoms with E-state index in [1.807, 2.05) is 0 Å². The molecule has 0 radical (unpaired) electrons. The molecular formula is C18H18BrFN2O4S. The zero-order valence-electron chi connectivity index (χ0n) is 14.2. The van der Waals surface area contributed by atoms with E-state index in [1.165, 1.54) is 36.4 Å². The standard InChI is InChI=1S/C18H18BrFN2O4S/c19-17-7-6-15(27(24,25)21-11-14-5-2-8-26-14)10-16(17)18(23)22-13-4-1-3-12(20)9-13/h1,3-4,6-7,9-10,14,21H,2,5,8,11H2,(H,22,23). The SMILES string of the molecule is O=C(Nc1cccc(F)c1)c1cc(S(=O)(=O)NCC2CCCO2)ccc1Br. The molecule has 0 spiro atoms. The van der Waals surface area contributed by atoms with Gasteiger partial charge in [-0.15, -0.1) is 0 Å². The molecule has 1 amide bonds. The minimum atomic E-state index is -3.79. The topological polar surface area (TPSA) is 84.5 Å². The highest BCUT2D eigenvalue weighted by Gasteiger charge is 2.22. The number of halogens is 2. The van der Waals surface area contributed by atoms with Crippen molar-refractivity contribution in [2.24, 2.45) is 0 Å². The van der Waals surface area contributed by atoms with Crippen LogP contribution < -0.4 is 10.0 Å². The van der Waals surface area contributed by atoms with E-state index in [0.29, 0.717) is 11.1 Å². The predicted molar refractivity (Wildman–Crippen MR) is 103 cm³/mol. The molecule has 1 fully saturated rings. The summed E-state index contributed by atoms with van der Waals surface area (Å²) in [6.45, 7) is 0.818. The first-order valence-electron chi connectivity index (χ1n) is 8.33. The van der Waals surface area contributed by atoms with Crippen molar-refractivity contribution in [1.29, 1.82) is 0 Å². The number of benzene rings is 2. The van der Waals surface area contributed by atoms with E-state index >= 15 is 0 Å². The Morgan fingerprint density at radius 3 is 2.78 bits per heavy atom. The number of amides is 1. The lowest BCUT2D eigenvalue weighted by Crippen LogP contribution is -2.32.